The van der Waals surface area contributed by atoms with Crippen LogP contribution in [-0.2, 0) is 5.92 Å². The van der Waals surface area contributed by atoms with Gasteiger partial charge in [0.2, 0.25) is 0 Å². The van der Waals surface area contributed by atoms with E-state index in [-0.39, 0.29) is 11.3 Å². The van der Waals surface area contributed by atoms with E-state index in [0.717, 1.165) is 29.8 Å². The highest BCUT2D eigenvalue weighted by molar-refractivity contribution is 5.53. The number of benzene rings is 3. The summed E-state index contributed by atoms with van der Waals surface area (Å²) in [6.45, 7) is 1.76. The van der Waals surface area contributed by atoms with Crippen LogP contribution in [0.1, 0.15) is 22.4 Å². The molecule has 4 aromatic rings. The average Bonchev–Trinajstić information content (AvgIpc) is 2.82. The molecule has 0 saturated carbocycles. The van der Waals surface area contributed by atoms with Crippen molar-refractivity contribution in [2.24, 2.45) is 0 Å². The maximum Gasteiger partial charge on any atom is 0.333 e. The van der Waals surface area contributed by atoms with Crippen molar-refractivity contribution in [1.29, 1.82) is 5.26 Å². The average molecular weight is 463 g/mol. The molecule has 0 amide bonds. The zero-order valence-electron chi connectivity index (χ0n) is 17.7. The van der Waals surface area contributed by atoms with Gasteiger partial charge in [0.15, 0.2) is 0 Å². The number of halogens is 3. The molecule has 34 heavy (non-hydrogen) atoms. The lowest BCUT2D eigenvalue weighted by atomic mass is 10.1. The first kappa shape index (κ1) is 22.6. The molecule has 0 saturated heterocycles. The molecule has 0 bridgehead atoms. The second kappa shape index (κ2) is 8.75. The molecule has 6 nitrogen and oxygen atoms in total. The van der Waals surface area contributed by atoms with Gasteiger partial charge in [0.1, 0.15) is 23.4 Å². The van der Waals surface area contributed by atoms with Crippen LogP contribution in [0.15, 0.2) is 82.4 Å². The number of alkyl halides is 2. The summed E-state index contributed by atoms with van der Waals surface area (Å²) in [4.78, 5) is 27.4. The molecule has 0 aliphatic rings. The van der Waals surface area contributed by atoms with Crippen molar-refractivity contribution in [3.63, 3.8) is 0 Å². The first-order valence-electron chi connectivity index (χ1n) is 10.00. The lowest BCUT2D eigenvalue weighted by molar-refractivity contribution is 0.0373. The Bertz CT molecular complexity index is 1510. The van der Waals surface area contributed by atoms with Crippen LogP contribution in [0.5, 0.6) is 11.5 Å². The van der Waals surface area contributed by atoms with Crippen molar-refractivity contribution in [2.45, 2.75) is 12.8 Å². The predicted octanol–water partition coefficient (Wildman–Crippen LogP) is 4.78. The van der Waals surface area contributed by atoms with E-state index < -0.39 is 39.9 Å². The molecule has 0 aliphatic heterocycles. The number of nitrogens with zero attached hydrogens (tertiary/aromatic N) is 2. The fourth-order valence-electron chi connectivity index (χ4n) is 3.37. The van der Waals surface area contributed by atoms with Gasteiger partial charge in [-0.2, -0.15) is 14.0 Å². The van der Waals surface area contributed by atoms with E-state index in [1.54, 1.807) is 43.3 Å². The minimum atomic E-state index is -3.67. The smallest absolute Gasteiger partial charge is 0.333 e. The number of para-hydroxylation sites is 1. The largest absolute Gasteiger partial charge is 0.456 e. The van der Waals surface area contributed by atoms with Crippen LogP contribution in [0.2, 0.25) is 0 Å². The number of hydrogen-bond donors (Lipinski definition) is 1. The van der Waals surface area contributed by atoms with E-state index in [9.17, 15) is 28.0 Å². The zero-order valence-corrected chi connectivity index (χ0v) is 17.7. The second-order valence-corrected chi connectivity index (χ2v) is 7.38. The van der Waals surface area contributed by atoms with E-state index >= 15 is 0 Å². The number of hydrogen-bond acceptors (Lipinski definition) is 4. The van der Waals surface area contributed by atoms with Gasteiger partial charge in [-0.25, -0.2) is 13.8 Å². The van der Waals surface area contributed by atoms with Crippen LogP contribution in [0.3, 0.4) is 0 Å². The Hall–Kier alpha value is -4.58. The van der Waals surface area contributed by atoms with E-state index in [1.165, 1.54) is 12.1 Å². The lowest BCUT2D eigenvalue weighted by Gasteiger charge is -2.17. The van der Waals surface area contributed by atoms with Crippen LogP contribution >= 0.6 is 0 Å². The van der Waals surface area contributed by atoms with Gasteiger partial charge in [-0.15, -0.1) is 0 Å². The summed E-state index contributed by atoms with van der Waals surface area (Å²) in [5, 5.41) is 9.38. The highest BCUT2D eigenvalue weighted by Gasteiger charge is 2.36. The van der Waals surface area contributed by atoms with Gasteiger partial charge in [-0.1, -0.05) is 48.5 Å². The Labute approximate surface area is 191 Å². The van der Waals surface area contributed by atoms with Crippen molar-refractivity contribution in [3.8, 4) is 23.3 Å². The molecule has 0 fully saturated rings. The van der Waals surface area contributed by atoms with Crippen LogP contribution in [0.25, 0.3) is 5.69 Å². The van der Waals surface area contributed by atoms with Gasteiger partial charge in [0.25, 0.3) is 5.56 Å². The Morgan fingerprint density at radius 3 is 2.29 bits per heavy atom. The highest BCUT2D eigenvalue weighted by atomic mass is 19.3. The first-order valence-corrected chi connectivity index (χ1v) is 10.00. The SMILES string of the molecule is Cc1ccccc1Oc1cc(-n2c(=O)cc(C(F)(F)c3ccccc3)[nH]c2=O)c(F)cc1C#N. The van der Waals surface area contributed by atoms with Crippen LogP contribution < -0.4 is 16.0 Å². The second-order valence-electron chi connectivity index (χ2n) is 7.38. The monoisotopic (exact) mass is 463 g/mol. The predicted molar refractivity (Wildman–Crippen MR) is 118 cm³/mol. The number of aryl methyl sites for hydroxylation is 1. The van der Waals surface area contributed by atoms with E-state index in [0.29, 0.717) is 16.4 Å². The van der Waals surface area contributed by atoms with Crippen molar-refractivity contribution in [1.82, 2.24) is 9.55 Å². The molecular formula is C25H16F3N3O3. The molecule has 170 valence electrons. The minimum Gasteiger partial charge on any atom is -0.456 e. The Morgan fingerprint density at radius 1 is 0.971 bits per heavy atom. The molecule has 0 atom stereocenters. The third-order valence-electron chi connectivity index (χ3n) is 5.13. The number of ether oxygens (including phenoxy) is 1. The van der Waals surface area contributed by atoms with Crippen molar-refractivity contribution in [2.75, 3.05) is 0 Å². The summed E-state index contributed by atoms with van der Waals surface area (Å²) < 4.78 is 50.6. The van der Waals surface area contributed by atoms with Gasteiger partial charge in [-0.05, 0) is 24.6 Å². The molecule has 3 aromatic carbocycles. The molecule has 1 aromatic heterocycles. The summed E-state index contributed by atoms with van der Waals surface area (Å²) in [7, 11) is 0. The molecular weight excluding hydrogens is 447 g/mol. The summed E-state index contributed by atoms with van der Waals surface area (Å²) in [5.74, 6) is -4.49. The van der Waals surface area contributed by atoms with Gasteiger partial charge in [0.05, 0.1) is 16.9 Å². The van der Waals surface area contributed by atoms with Crippen molar-refractivity contribution in [3.05, 3.63) is 122 Å². The molecule has 0 aliphatic carbocycles. The number of nitriles is 1. The Balaban J connectivity index is 1.84. The molecule has 9 heteroatoms. The van der Waals surface area contributed by atoms with Gasteiger partial charge in [0, 0.05) is 17.7 Å². The number of aromatic amines is 1. The lowest BCUT2D eigenvalue weighted by Crippen LogP contribution is -2.37. The van der Waals surface area contributed by atoms with E-state index in [1.807, 2.05) is 4.98 Å². The summed E-state index contributed by atoms with van der Waals surface area (Å²) in [6, 6.07) is 17.6. The minimum absolute atomic E-state index is 0.113. The first-order chi connectivity index (χ1) is 16.2. The maximum absolute atomic E-state index is 14.9. The topological polar surface area (TPSA) is 87.9 Å². The van der Waals surface area contributed by atoms with Crippen molar-refractivity contribution < 1.29 is 17.9 Å². The molecule has 4 rings (SSSR count). The molecule has 0 unspecified atom stereocenters. The normalized spacial score (nSPS) is 11.1. The van der Waals surface area contributed by atoms with Gasteiger partial charge < -0.3 is 9.72 Å². The molecule has 0 spiro atoms. The quantitative estimate of drug-likeness (QED) is 0.462. The van der Waals surface area contributed by atoms with Crippen molar-refractivity contribution >= 4 is 0 Å². The van der Waals surface area contributed by atoms with Gasteiger partial charge in [-0.3, -0.25) is 4.79 Å². The summed E-state index contributed by atoms with van der Waals surface area (Å²) >= 11 is 0. The fourth-order valence-corrected chi connectivity index (χ4v) is 3.37. The molecule has 1 N–H and O–H groups in total. The third-order valence-corrected chi connectivity index (χ3v) is 5.13. The molecule has 1 heterocycles. The zero-order chi connectivity index (χ0) is 24.5. The number of nitrogens with one attached hydrogen (secondary N) is 1. The third kappa shape index (κ3) is 4.09. The Kier molecular flexibility index (Phi) is 5.82. The summed E-state index contributed by atoms with van der Waals surface area (Å²) in [6.07, 6.45) is 0. The van der Waals surface area contributed by atoms with E-state index in [2.05, 4.69) is 0 Å². The number of aromatic nitrogens is 2. The highest BCUT2D eigenvalue weighted by Crippen LogP contribution is 2.34. The van der Waals surface area contributed by atoms with Gasteiger partial charge >= 0.3 is 11.6 Å². The summed E-state index contributed by atoms with van der Waals surface area (Å²) in [5.41, 5.74) is -3.83. The Morgan fingerprint density at radius 2 is 1.65 bits per heavy atom. The van der Waals surface area contributed by atoms with Crippen LogP contribution in [0.4, 0.5) is 13.2 Å². The number of H-pyrrole nitrogens is 1. The maximum atomic E-state index is 14.9. The molecule has 0 radical (unpaired) electrons. The van der Waals surface area contributed by atoms with E-state index in [4.69, 9.17) is 4.74 Å². The standard InChI is InChI=1S/C25H16F3N3O3/c1-15-7-5-6-10-20(15)34-21-12-19(18(26)11-16(21)14-29)31-23(32)13-22(30-24(31)33)25(27,28)17-8-3-2-4-9-17/h2-13H,1H3,(H,30,33). The van der Waals surface area contributed by atoms with Crippen LogP contribution in [-0.4, -0.2) is 9.55 Å². The van der Waals surface area contributed by atoms with Crippen LogP contribution in [0, 0.1) is 24.1 Å². The fraction of sp³-hybridized carbons (Fsp3) is 0.0800. The number of rotatable bonds is 5.